The van der Waals surface area contributed by atoms with E-state index in [0.29, 0.717) is 0 Å². The van der Waals surface area contributed by atoms with Gasteiger partial charge in [-0.05, 0) is 18.2 Å². The molecule has 0 unspecified atom stereocenters. The van der Waals surface area contributed by atoms with Gasteiger partial charge in [0.2, 0.25) is 0 Å². The number of hydrogen-bond acceptors (Lipinski definition) is 2. The van der Waals surface area contributed by atoms with Crippen LogP contribution >= 0.6 is 0 Å². The molecule has 11 aromatic rings. The molecule has 3 nitrogen and oxygen atoms in total. The predicted octanol–water partition coefficient (Wildman–Crippen LogP) is 14.2. The number of fused-ring (bicyclic) bond motifs is 8. The van der Waals surface area contributed by atoms with Gasteiger partial charge in [-0.3, -0.25) is 0 Å². The average molecular weight is 781 g/mol. The normalized spacial score (nSPS) is 11.6. The monoisotopic (exact) mass is 781 g/mol. The van der Waals surface area contributed by atoms with Crippen molar-refractivity contribution in [1.29, 1.82) is 0 Å². The van der Waals surface area contributed by atoms with E-state index in [1.54, 1.807) is 0 Å². The summed E-state index contributed by atoms with van der Waals surface area (Å²) in [4.78, 5) is 4.78. The molecule has 0 aliphatic rings. The van der Waals surface area contributed by atoms with E-state index in [-0.39, 0.29) is 14.5 Å². The molecule has 0 saturated carbocycles. The maximum atomic E-state index is 2.41. The van der Waals surface area contributed by atoms with Crippen molar-refractivity contribution in [2.75, 3.05) is 9.80 Å². The first-order valence-corrected chi connectivity index (χ1v) is 20.7. The van der Waals surface area contributed by atoms with Crippen LogP contribution in [0, 0.1) is 0 Å². The second-order valence-electron chi connectivity index (χ2n) is 14.2. The Morgan fingerprint density at radius 1 is 0.321 bits per heavy atom. The van der Waals surface area contributed by atoms with E-state index in [1.807, 2.05) is 0 Å². The van der Waals surface area contributed by atoms with Crippen LogP contribution in [0.15, 0.2) is 212 Å². The van der Waals surface area contributed by atoms with Crippen molar-refractivity contribution in [1.82, 2.24) is 4.57 Å². The Hall–Kier alpha value is -6.84. The van der Waals surface area contributed by atoms with Crippen LogP contribution in [0.4, 0.5) is 34.1 Å². The number of anilines is 6. The van der Waals surface area contributed by atoms with Crippen LogP contribution in [-0.2, 0) is 0 Å². The summed E-state index contributed by atoms with van der Waals surface area (Å²) < 4.78 is 5.32. The second-order valence-corrected chi connectivity index (χ2v) is 16.4. The summed E-state index contributed by atoms with van der Waals surface area (Å²) in [6.45, 7) is 0. The van der Waals surface area contributed by atoms with Crippen LogP contribution in [0.25, 0.3) is 57.6 Å². The van der Waals surface area contributed by atoms with Crippen LogP contribution in [0.2, 0.25) is 0 Å². The van der Waals surface area contributed by atoms with Gasteiger partial charge in [0.05, 0.1) is 5.52 Å². The number of benzene rings is 9. The van der Waals surface area contributed by atoms with Crippen molar-refractivity contribution in [3.8, 4) is 5.69 Å². The molecule has 2 aromatic heterocycles. The van der Waals surface area contributed by atoms with Crippen LogP contribution in [0.1, 0.15) is 0 Å². The zero-order valence-electron chi connectivity index (χ0n) is 30.5. The van der Waals surface area contributed by atoms with E-state index in [0.717, 1.165) is 39.8 Å². The maximum absolute atomic E-state index is 2.41. The van der Waals surface area contributed by atoms with Crippen molar-refractivity contribution < 1.29 is 0 Å². The second kappa shape index (κ2) is 13.5. The molecule has 9 aromatic carbocycles. The predicted molar refractivity (Wildman–Crippen MR) is 240 cm³/mol. The third-order valence-corrected chi connectivity index (χ3v) is 13.5. The number of para-hydroxylation sites is 4. The van der Waals surface area contributed by atoms with Gasteiger partial charge in [0.1, 0.15) is 0 Å². The first-order valence-electron chi connectivity index (χ1n) is 19.0. The molecule has 0 saturated heterocycles. The molecule has 0 spiro atoms. The molecule has 11 rings (SSSR count). The molecule has 0 amide bonds. The van der Waals surface area contributed by atoms with E-state index in [4.69, 9.17) is 0 Å². The minimum atomic E-state index is 0.255. The van der Waals surface area contributed by atoms with Crippen molar-refractivity contribution >= 4 is 100 Å². The fourth-order valence-electron chi connectivity index (χ4n) is 8.40. The summed E-state index contributed by atoms with van der Waals surface area (Å²) in [5, 5.41) is 7.85. The Bertz CT molecular complexity index is 3200. The van der Waals surface area contributed by atoms with Gasteiger partial charge >= 0.3 is 246 Å². The van der Waals surface area contributed by atoms with Crippen molar-refractivity contribution in [2.24, 2.45) is 0 Å². The Morgan fingerprint density at radius 2 is 0.839 bits per heavy atom. The summed E-state index contributed by atoms with van der Waals surface area (Å²) in [6, 6.07) is 77.2. The molecule has 0 bridgehead atoms. The summed E-state index contributed by atoms with van der Waals surface area (Å²) in [5.41, 5.74) is 10.1. The van der Waals surface area contributed by atoms with E-state index in [2.05, 4.69) is 227 Å². The number of aromatic nitrogens is 1. The quantitative estimate of drug-likeness (QED) is 0.149. The summed E-state index contributed by atoms with van der Waals surface area (Å²) in [7, 11) is 0. The summed E-state index contributed by atoms with van der Waals surface area (Å²) >= 11 is 0.255. The SMILES string of the molecule is c1ccc(N(c2cccc(N(c3ccccc3)c3ccc4c5ccccc5n(-c5ccccc5)c4c3)c2)c2ccc3ccc4c5ccccc5[se]c4c3c2)cc1. The van der Waals surface area contributed by atoms with Crippen molar-refractivity contribution in [3.63, 3.8) is 0 Å². The van der Waals surface area contributed by atoms with Crippen LogP contribution in [0.5, 0.6) is 0 Å². The molecule has 264 valence electrons. The topological polar surface area (TPSA) is 11.4 Å². The molecule has 0 atom stereocenters. The molecule has 0 aliphatic heterocycles. The standard InChI is InChI=1S/C52H35N3Se/c1-4-15-37(16-5-1)53(42-29-27-36-28-31-47-46-24-11-13-26-51(46)56-52(47)48(36)34-42)40-21-14-22-41(33-40)54(38-17-6-2-7-18-38)43-30-32-45-44-23-10-12-25-49(44)55(50(45)35-43)39-19-8-3-9-20-39/h1-35H. The first kappa shape index (κ1) is 32.6. The third-order valence-electron chi connectivity index (χ3n) is 10.9. The molecule has 2 heterocycles. The number of rotatable bonds is 7. The molecule has 0 aliphatic carbocycles. The number of hydrogen-bond donors (Lipinski definition) is 0. The summed E-state index contributed by atoms with van der Waals surface area (Å²) in [5.74, 6) is 0. The fourth-order valence-corrected chi connectivity index (χ4v) is 11.0. The van der Waals surface area contributed by atoms with Crippen LogP contribution in [0.3, 0.4) is 0 Å². The van der Waals surface area contributed by atoms with Gasteiger partial charge in [-0.1, -0.05) is 42.5 Å². The van der Waals surface area contributed by atoms with Gasteiger partial charge in [-0.25, -0.2) is 0 Å². The van der Waals surface area contributed by atoms with Gasteiger partial charge in [0.15, 0.2) is 0 Å². The van der Waals surface area contributed by atoms with Gasteiger partial charge < -0.3 is 4.57 Å². The minimum absolute atomic E-state index is 0.255. The molecule has 0 radical (unpaired) electrons. The fraction of sp³-hybridized carbons (Fsp3) is 0. The molecule has 56 heavy (non-hydrogen) atoms. The Morgan fingerprint density at radius 3 is 1.57 bits per heavy atom. The van der Waals surface area contributed by atoms with E-state index < -0.39 is 0 Å². The molecule has 0 N–H and O–H groups in total. The van der Waals surface area contributed by atoms with E-state index >= 15 is 0 Å². The van der Waals surface area contributed by atoms with Gasteiger partial charge in [0, 0.05) is 16.5 Å². The Balaban J connectivity index is 1.10. The zero-order chi connectivity index (χ0) is 37.0. The number of nitrogens with zero attached hydrogens (tertiary/aromatic N) is 3. The average Bonchev–Trinajstić information content (AvgIpc) is 3.81. The summed E-state index contributed by atoms with van der Waals surface area (Å²) in [6.07, 6.45) is 0. The van der Waals surface area contributed by atoms with Crippen LogP contribution in [-0.4, -0.2) is 19.1 Å². The van der Waals surface area contributed by atoms with Gasteiger partial charge in [-0.15, -0.1) is 0 Å². The van der Waals surface area contributed by atoms with E-state index in [1.165, 1.54) is 51.9 Å². The first-order chi connectivity index (χ1) is 27.8. The zero-order valence-corrected chi connectivity index (χ0v) is 32.2. The Labute approximate surface area is 331 Å². The van der Waals surface area contributed by atoms with Crippen molar-refractivity contribution in [2.45, 2.75) is 0 Å². The third kappa shape index (κ3) is 5.42. The van der Waals surface area contributed by atoms with Crippen molar-refractivity contribution in [3.05, 3.63) is 212 Å². The molecular formula is C52H35N3Se. The van der Waals surface area contributed by atoms with E-state index in [9.17, 15) is 0 Å². The molecule has 0 fully saturated rings. The van der Waals surface area contributed by atoms with Gasteiger partial charge in [-0.2, -0.15) is 0 Å². The molecular weight excluding hydrogens is 746 g/mol. The Kier molecular flexibility index (Phi) is 7.84. The van der Waals surface area contributed by atoms with Crippen LogP contribution < -0.4 is 9.80 Å². The molecule has 4 heteroatoms. The van der Waals surface area contributed by atoms with Gasteiger partial charge in [0.25, 0.3) is 0 Å².